The van der Waals surface area contributed by atoms with Crippen molar-refractivity contribution in [2.75, 3.05) is 5.32 Å². The van der Waals surface area contributed by atoms with Gasteiger partial charge in [0.15, 0.2) is 5.17 Å². The molecular formula is C18H17ClN4O3S. The predicted molar refractivity (Wildman–Crippen MR) is 107 cm³/mol. The van der Waals surface area contributed by atoms with Gasteiger partial charge in [-0.05, 0) is 43.7 Å². The Balaban J connectivity index is 1.58. The van der Waals surface area contributed by atoms with Crippen LogP contribution in [-0.2, 0) is 9.59 Å². The Bertz CT molecular complexity index is 925. The minimum Gasteiger partial charge on any atom is -0.463 e. The maximum absolute atomic E-state index is 12.2. The third-order valence-corrected chi connectivity index (χ3v) is 5.25. The Morgan fingerprint density at radius 2 is 2.22 bits per heavy atom. The second kappa shape index (κ2) is 8.41. The van der Waals surface area contributed by atoms with Gasteiger partial charge in [-0.25, -0.2) is 0 Å². The zero-order chi connectivity index (χ0) is 19.4. The minimum atomic E-state index is -0.566. The fourth-order valence-electron chi connectivity index (χ4n) is 2.29. The van der Waals surface area contributed by atoms with E-state index in [1.54, 1.807) is 37.5 Å². The van der Waals surface area contributed by atoms with Gasteiger partial charge in [0, 0.05) is 17.1 Å². The molecule has 9 heteroatoms. The summed E-state index contributed by atoms with van der Waals surface area (Å²) in [4.78, 5) is 24.3. The van der Waals surface area contributed by atoms with Gasteiger partial charge in [-0.15, -0.1) is 10.2 Å². The van der Waals surface area contributed by atoms with Crippen LogP contribution in [0.15, 0.2) is 51.2 Å². The van der Waals surface area contributed by atoms with Gasteiger partial charge in [0.05, 0.1) is 6.26 Å². The molecule has 1 atom stereocenters. The Hall–Kier alpha value is -2.58. The number of nitrogens with one attached hydrogen (secondary N) is 2. The summed E-state index contributed by atoms with van der Waals surface area (Å²) in [5.41, 5.74) is 2.10. The van der Waals surface area contributed by atoms with Crippen LogP contribution < -0.4 is 10.6 Å². The molecule has 0 radical (unpaired) electrons. The number of hydrogen-bond acceptors (Lipinski definition) is 6. The van der Waals surface area contributed by atoms with Crippen molar-refractivity contribution in [3.8, 4) is 0 Å². The summed E-state index contributed by atoms with van der Waals surface area (Å²) < 4.78 is 5.22. The lowest BCUT2D eigenvalue weighted by atomic mass is 10.2. The van der Waals surface area contributed by atoms with E-state index in [4.69, 9.17) is 16.0 Å². The molecule has 2 N–H and O–H groups in total. The van der Waals surface area contributed by atoms with E-state index >= 15 is 0 Å². The molecule has 0 aliphatic carbocycles. The average Bonchev–Trinajstić information content (AvgIpc) is 3.27. The Kier molecular flexibility index (Phi) is 5.98. The standard InChI is InChI=1S/C18H17ClN4O3S/c1-10-5-6-12(8-13(10)19)20-16(24)9-15-17(25)21-18(27-15)23-22-11(2)14-4-3-7-26-14/h3-8,15H,9H2,1-2H3,(H,20,24)(H,21,23,25)/b22-11-. The molecule has 2 heterocycles. The van der Waals surface area contributed by atoms with E-state index in [2.05, 4.69) is 20.8 Å². The molecule has 140 valence electrons. The SMILES string of the molecule is C/C(=N/N=C1\NC(=O)C(CC(=O)Nc2ccc(C)c(Cl)c2)S1)c1ccco1. The van der Waals surface area contributed by atoms with Crippen LogP contribution in [0, 0.1) is 6.92 Å². The van der Waals surface area contributed by atoms with E-state index < -0.39 is 5.25 Å². The number of anilines is 1. The van der Waals surface area contributed by atoms with Gasteiger partial charge in [0.2, 0.25) is 11.8 Å². The van der Waals surface area contributed by atoms with Crippen LogP contribution >= 0.6 is 23.4 Å². The number of benzene rings is 1. The molecule has 1 aromatic carbocycles. The van der Waals surface area contributed by atoms with Crippen LogP contribution in [0.4, 0.5) is 5.69 Å². The first kappa shape index (κ1) is 19.2. The highest BCUT2D eigenvalue weighted by atomic mass is 35.5. The third-order valence-electron chi connectivity index (χ3n) is 3.77. The molecular weight excluding hydrogens is 388 g/mol. The van der Waals surface area contributed by atoms with Crippen molar-refractivity contribution in [3.63, 3.8) is 0 Å². The van der Waals surface area contributed by atoms with E-state index in [0.717, 1.165) is 5.56 Å². The van der Waals surface area contributed by atoms with Crippen molar-refractivity contribution < 1.29 is 14.0 Å². The second-order valence-corrected chi connectivity index (χ2v) is 7.48. The number of carbonyl (C=O) groups is 2. The Morgan fingerprint density at radius 3 is 2.93 bits per heavy atom. The third kappa shape index (κ3) is 4.99. The smallest absolute Gasteiger partial charge is 0.240 e. The maximum atomic E-state index is 12.2. The van der Waals surface area contributed by atoms with Gasteiger partial charge in [0.1, 0.15) is 16.7 Å². The molecule has 3 rings (SSSR count). The summed E-state index contributed by atoms with van der Waals surface area (Å²) >= 11 is 7.22. The summed E-state index contributed by atoms with van der Waals surface area (Å²) in [6, 6.07) is 8.78. The van der Waals surface area contributed by atoms with Crippen LogP contribution in [0.2, 0.25) is 5.02 Å². The zero-order valence-electron chi connectivity index (χ0n) is 14.7. The maximum Gasteiger partial charge on any atom is 0.240 e. The molecule has 1 saturated heterocycles. The van der Waals surface area contributed by atoms with Crippen molar-refractivity contribution >= 4 is 51.7 Å². The fraction of sp³-hybridized carbons (Fsp3) is 0.222. The number of nitrogens with zero attached hydrogens (tertiary/aromatic N) is 2. The Labute approximate surface area is 165 Å². The molecule has 7 nitrogen and oxygen atoms in total. The lowest BCUT2D eigenvalue weighted by Crippen LogP contribution is -2.28. The van der Waals surface area contributed by atoms with Gasteiger partial charge in [-0.3, -0.25) is 9.59 Å². The summed E-state index contributed by atoms with van der Waals surface area (Å²) in [5.74, 6) is 0.0436. The van der Waals surface area contributed by atoms with Crippen LogP contribution in [0.1, 0.15) is 24.7 Å². The number of thioether (sulfide) groups is 1. The van der Waals surface area contributed by atoms with Crippen molar-refractivity contribution in [1.29, 1.82) is 0 Å². The minimum absolute atomic E-state index is 0.0158. The molecule has 0 spiro atoms. The topological polar surface area (TPSA) is 96.1 Å². The molecule has 27 heavy (non-hydrogen) atoms. The number of furan rings is 1. The normalized spacial score (nSPS) is 18.6. The molecule has 0 saturated carbocycles. The predicted octanol–water partition coefficient (Wildman–Crippen LogP) is 3.58. The number of carbonyl (C=O) groups excluding carboxylic acids is 2. The first-order chi connectivity index (χ1) is 12.9. The van der Waals surface area contributed by atoms with Crippen molar-refractivity contribution in [1.82, 2.24) is 5.32 Å². The molecule has 1 aliphatic heterocycles. The number of halogens is 1. The van der Waals surface area contributed by atoms with Crippen LogP contribution in [0.5, 0.6) is 0 Å². The quantitative estimate of drug-likeness (QED) is 0.588. The Morgan fingerprint density at radius 1 is 1.41 bits per heavy atom. The van der Waals surface area contributed by atoms with Crippen LogP contribution in [0.3, 0.4) is 0 Å². The second-order valence-electron chi connectivity index (χ2n) is 5.88. The molecule has 1 aromatic heterocycles. The lowest BCUT2D eigenvalue weighted by molar-refractivity contribution is -0.122. The zero-order valence-corrected chi connectivity index (χ0v) is 16.2. The van der Waals surface area contributed by atoms with Gasteiger partial charge in [-0.1, -0.05) is 29.4 Å². The van der Waals surface area contributed by atoms with Crippen LogP contribution in [-0.4, -0.2) is 27.9 Å². The highest BCUT2D eigenvalue weighted by Crippen LogP contribution is 2.24. The monoisotopic (exact) mass is 404 g/mol. The number of hydrogen-bond donors (Lipinski definition) is 2. The molecule has 1 unspecified atom stereocenters. The average molecular weight is 405 g/mol. The highest BCUT2D eigenvalue weighted by molar-refractivity contribution is 8.15. The van der Waals surface area contributed by atoms with E-state index in [1.165, 1.54) is 11.8 Å². The van der Waals surface area contributed by atoms with E-state index in [-0.39, 0.29) is 18.2 Å². The molecule has 2 amide bonds. The summed E-state index contributed by atoms with van der Waals surface area (Å²) in [6.07, 6.45) is 1.56. The molecule has 0 bridgehead atoms. The first-order valence-corrected chi connectivity index (χ1v) is 9.38. The van der Waals surface area contributed by atoms with E-state index in [9.17, 15) is 9.59 Å². The van der Waals surface area contributed by atoms with Crippen molar-refractivity contribution in [2.45, 2.75) is 25.5 Å². The molecule has 1 fully saturated rings. The number of rotatable bonds is 5. The summed E-state index contributed by atoms with van der Waals surface area (Å²) in [6.45, 7) is 3.63. The van der Waals surface area contributed by atoms with Crippen molar-refractivity contribution in [2.24, 2.45) is 10.2 Å². The van der Waals surface area contributed by atoms with Gasteiger partial charge >= 0.3 is 0 Å². The van der Waals surface area contributed by atoms with Gasteiger partial charge in [-0.2, -0.15) is 0 Å². The number of amides is 2. The van der Waals surface area contributed by atoms with Gasteiger partial charge in [0.25, 0.3) is 0 Å². The molecule has 1 aliphatic rings. The largest absolute Gasteiger partial charge is 0.463 e. The van der Waals surface area contributed by atoms with E-state index in [1.807, 2.05) is 13.0 Å². The summed E-state index contributed by atoms with van der Waals surface area (Å²) in [5, 5.41) is 13.8. The molecule has 2 aromatic rings. The van der Waals surface area contributed by atoms with Crippen molar-refractivity contribution in [3.05, 3.63) is 52.9 Å². The van der Waals surface area contributed by atoms with Gasteiger partial charge < -0.3 is 15.1 Å². The van der Waals surface area contributed by atoms with E-state index in [0.29, 0.717) is 27.3 Å². The summed E-state index contributed by atoms with van der Waals surface area (Å²) in [7, 11) is 0. The number of amidine groups is 1. The number of aryl methyl sites for hydroxylation is 1. The highest BCUT2D eigenvalue weighted by Gasteiger charge is 2.32. The fourth-order valence-corrected chi connectivity index (χ4v) is 3.39. The lowest BCUT2D eigenvalue weighted by Gasteiger charge is -2.08. The van der Waals surface area contributed by atoms with Crippen LogP contribution in [0.25, 0.3) is 0 Å². The first-order valence-electron chi connectivity index (χ1n) is 8.12.